The van der Waals surface area contributed by atoms with Gasteiger partial charge in [0.05, 0.1) is 11.2 Å². The molecule has 0 unspecified atom stereocenters. The Bertz CT molecular complexity index is 2190. The van der Waals surface area contributed by atoms with Crippen LogP contribution in [0.15, 0.2) is 164 Å². The van der Waals surface area contributed by atoms with Crippen molar-refractivity contribution in [2.24, 2.45) is 0 Å². The number of pyridine rings is 1. The summed E-state index contributed by atoms with van der Waals surface area (Å²) < 4.78 is 2.30. The van der Waals surface area contributed by atoms with Crippen LogP contribution in [0, 0.1) is 0 Å². The van der Waals surface area contributed by atoms with E-state index in [0.717, 1.165) is 33.8 Å². The molecule has 0 bridgehead atoms. The van der Waals surface area contributed by atoms with E-state index in [1.807, 2.05) is 6.20 Å². The van der Waals surface area contributed by atoms with E-state index in [2.05, 4.69) is 167 Å². The highest BCUT2D eigenvalue weighted by molar-refractivity contribution is 6.10. The van der Waals surface area contributed by atoms with Crippen molar-refractivity contribution in [2.75, 3.05) is 4.90 Å². The molecule has 0 aliphatic carbocycles. The van der Waals surface area contributed by atoms with E-state index in [4.69, 9.17) is 4.98 Å². The number of para-hydroxylation sites is 2. The van der Waals surface area contributed by atoms with E-state index in [-0.39, 0.29) is 0 Å². The predicted octanol–water partition coefficient (Wildman–Crippen LogP) is 10.5. The van der Waals surface area contributed by atoms with E-state index in [1.165, 1.54) is 32.7 Å². The molecule has 8 aromatic rings. The van der Waals surface area contributed by atoms with Crippen LogP contribution >= 0.6 is 0 Å². The van der Waals surface area contributed by atoms with Gasteiger partial charge in [-0.05, 0) is 58.1 Å². The molecule has 0 N–H and O–H groups in total. The lowest BCUT2D eigenvalue weighted by molar-refractivity contribution is 1.10. The Morgan fingerprint density at radius 2 is 1.10 bits per heavy atom. The van der Waals surface area contributed by atoms with Crippen molar-refractivity contribution in [3.8, 4) is 16.8 Å². The molecule has 42 heavy (non-hydrogen) atoms. The quantitative estimate of drug-likeness (QED) is 0.218. The molecule has 0 aliphatic rings. The molecule has 0 saturated heterocycles. The Labute approximate surface area is 244 Å². The normalized spacial score (nSPS) is 11.3. The molecular formula is C39H27N3. The van der Waals surface area contributed by atoms with Crippen molar-refractivity contribution in [1.29, 1.82) is 0 Å². The maximum Gasteiger partial charge on any atom is 0.162 e. The van der Waals surface area contributed by atoms with Crippen molar-refractivity contribution >= 4 is 49.6 Å². The number of aromatic nitrogens is 2. The van der Waals surface area contributed by atoms with Crippen LogP contribution in [0.1, 0.15) is 0 Å². The predicted molar refractivity (Wildman–Crippen MR) is 176 cm³/mol. The summed E-state index contributed by atoms with van der Waals surface area (Å²) in [6, 6.07) is 53.5. The molecule has 0 spiro atoms. The fourth-order valence-electron chi connectivity index (χ4n) is 6.15. The second-order valence-electron chi connectivity index (χ2n) is 10.5. The summed E-state index contributed by atoms with van der Waals surface area (Å²) in [5.74, 6) is 0.880. The summed E-state index contributed by atoms with van der Waals surface area (Å²) in [6.45, 7) is 0. The zero-order valence-electron chi connectivity index (χ0n) is 22.9. The minimum Gasteiger partial charge on any atom is -0.313 e. The van der Waals surface area contributed by atoms with Crippen LogP contribution in [0.25, 0.3) is 49.3 Å². The monoisotopic (exact) mass is 537 g/mol. The fourth-order valence-corrected chi connectivity index (χ4v) is 6.15. The number of hydrogen-bond donors (Lipinski definition) is 0. The van der Waals surface area contributed by atoms with Crippen molar-refractivity contribution in [3.63, 3.8) is 0 Å². The molecule has 0 fully saturated rings. The number of rotatable bonds is 5. The number of nitrogens with zero attached hydrogens (tertiary/aromatic N) is 3. The van der Waals surface area contributed by atoms with Gasteiger partial charge < -0.3 is 4.57 Å². The van der Waals surface area contributed by atoms with Gasteiger partial charge in [-0.1, -0.05) is 115 Å². The van der Waals surface area contributed by atoms with Gasteiger partial charge >= 0.3 is 0 Å². The number of hydrogen-bond acceptors (Lipinski definition) is 2. The van der Waals surface area contributed by atoms with Gasteiger partial charge in [-0.3, -0.25) is 4.90 Å². The molecular weight excluding hydrogens is 510 g/mol. The zero-order valence-corrected chi connectivity index (χ0v) is 22.9. The van der Waals surface area contributed by atoms with Crippen LogP contribution < -0.4 is 4.90 Å². The smallest absolute Gasteiger partial charge is 0.162 e. The Morgan fingerprint density at radius 3 is 1.88 bits per heavy atom. The zero-order chi connectivity index (χ0) is 27.9. The summed E-state index contributed by atoms with van der Waals surface area (Å²) in [5.41, 5.74) is 6.69. The molecule has 6 aromatic carbocycles. The third-order valence-corrected chi connectivity index (χ3v) is 8.04. The first-order chi connectivity index (χ1) is 20.9. The van der Waals surface area contributed by atoms with Gasteiger partial charge in [0.25, 0.3) is 0 Å². The molecule has 0 aliphatic heterocycles. The van der Waals surface area contributed by atoms with Gasteiger partial charge in [-0.2, -0.15) is 0 Å². The van der Waals surface area contributed by atoms with Gasteiger partial charge in [0.2, 0.25) is 0 Å². The van der Waals surface area contributed by atoms with E-state index >= 15 is 0 Å². The lowest BCUT2D eigenvalue weighted by atomic mass is 9.98. The SMILES string of the molecule is c1ccc(N(c2cccc3ccccc23)c2nccc3c(-c4cccc5ccccc45)cn(-c4ccccc4)c23)cc1. The van der Waals surface area contributed by atoms with Crippen molar-refractivity contribution in [3.05, 3.63) is 164 Å². The minimum atomic E-state index is 0.880. The van der Waals surface area contributed by atoms with Gasteiger partial charge in [-0.15, -0.1) is 0 Å². The highest BCUT2D eigenvalue weighted by Gasteiger charge is 2.23. The van der Waals surface area contributed by atoms with Crippen LogP contribution in [-0.2, 0) is 0 Å². The second-order valence-corrected chi connectivity index (χ2v) is 10.5. The minimum absolute atomic E-state index is 0.880. The maximum atomic E-state index is 5.13. The number of anilines is 3. The standard InChI is InChI=1S/C39H27N3/c1-3-17-30(18-4-1)41-27-36(34-23-11-15-28-13-7-9-21-32(28)34)35-25-26-40-39(38(35)41)42(31-19-5-2-6-20-31)37-24-12-16-29-14-8-10-22-33(29)37/h1-27H. The van der Waals surface area contributed by atoms with Crippen LogP contribution in [0.3, 0.4) is 0 Å². The first kappa shape index (κ1) is 24.2. The first-order valence-corrected chi connectivity index (χ1v) is 14.2. The van der Waals surface area contributed by atoms with E-state index in [1.54, 1.807) is 0 Å². The molecule has 8 rings (SSSR count). The second kappa shape index (κ2) is 10.1. The fraction of sp³-hybridized carbons (Fsp3) is 0. The summed E-state index contributed by atoms with van der Waals surface area (Å²) in [4.78, 5) is 7.43. The molecule has 0 atom stereocenters. The average molecular weight is 538 g/mol. The third-order valence-electron chi connectivity index (χ3n) is 8.04. The Hall–Kier alpha value is -5.67. The summed E-state index contributed by atoms with van der Waals surface area (Å²) in [5, 5.41) is 5.99. The molecule has 0 amide bonds. The lowest BCUT2D eigenvalue weighted by Gasteiger charge is -2.27. The first-order valence-electron chi connectivity index (χ1n) is 14.2. The molecule has 198 valence electrons. The average Bonchev–Trinajstić information content (AvgIpc) is 3.46. The Morgan fingerprint density at radius 1 is 0.476 bits per heavy atom. The van der Waals surface area contributed by atoms with Crippen molar-refractivity contribution < 1.29 is 0 Å². The van der Waals surface area contributed by atoms with Gasteiger partial charge in [-0.25, -0.2) is 4.98 Å². The molecule has 3 nitrogen and oxygen atoms in total. The Balaban J connectivity index is 1.49. The molecule has 0 saturated carbocycles. The summed E-state index contributed by atoms with van der Waals surface area (Å²) in [6.07, 6.45) is 4.22. The summed E-state index contributed by atoms with van der Waals surface area (Å²) in [7, 11) is 0. The topological polar surface area (TPSA) is 21.1 Å². The Kier molecular flexibility index (Phi) is 5.79. The summed E-state index contributed by atoms with van der Waals surface area (Å²) >= 11 is 0. The van der Waals surface area contributed by atoms with Crippen molar-refractivity contribution in [2.45, 2.75) is 0 Å². The molecule has 3 heteroatoms. The van der Waals surface area contributed by atoms with Crippen LogP contribution in [0.5, 0.6) is 0 Å². The third kappa shape index (κ3) is 3.94. The van der Waals surface area contributed by atoms with Crippen molar-refractivity contribution in [1.82, 2.24) is 9.55 Å². The van der Waals surface area contributed by atoms with E-state index in [0.29, 0.717) is 0 Å². The van der Waals surface area contributed by atoms with E-state index in [9.17, 15) is 0 Å². The molecule has 2 heterocycles. The number of benzene rings is 6. The highest BCUT2D eigenvalue weighted by atomic mass is 15.2. The lowest BCUT2D eigenvalue weighted by Crippen LogP contribution is -2.13. The van der Waals surface area contributed by atoms with Gasteiger partial charge in [0.15, 0.2) is 5.82 Å². The molecule has 0 radical (unpaired) electrons. The molecule has 2 aromatic heterocycles. The van der Waals surface area contributed by atoms with Crippen LogP contribution in [-0.4, -0.2) is 9.55 Å². The van der Waals surface area contributed by atoms with Gasteiger partial charge in [0.1, 0.15) is 0 Å². The van der Waals surface area contributed by atoms with E-state index < -0.39 is 0 Å². The highest BCUT2D eigenvalue weighted by Crippen LogP contribution is 2.44. The largest absolute Gasteiger partial charge is 0.313 e. The number of fused-ring (bicyclic) bond motifs is 3. The van der Waals surface area contributed by atoms with Gasteiger partial charge in [0, 0.05) is 40.1 Å². The van der Waals surface area contributed by atoms with Crippen LogP contribution in [0.4, 0.5) is 17.2 Å². The van der Waals surface area contributed by atoms with Crippen LogP contribution in [0.2, 0.25) is 0 Å². The maximum absolute atomic E-state index is 5.13.